The number of para-hydroxylation sites is 1. The summed E-state index contributed by atoms with van der Waals surface area (Å²) in [4.78, 5) is 0. The van der Waals surface area contributed by atoms with Crippen molar-refractivity contribution in [3.63, 3.8) is 0 Å². The van der Waals surface area contributed by atoms with Gasteiger partial charge in [-0.2, -0.15) is 10.5 Å². The van der Waals surface area contributed by atoms with E-state index in [1.165, 1.54) is 5.56 Å². The number of nitrogens with zero attached hydrogens (tertiary/aromatic N) is 5. The lowest BCUT2D eigenvalue weighted by Gasteiger charge is -2.13. The van der Waals surface area contributed by atoms with Crippen LogP contribution >= 0.6 is 0 Å². The van der Waals surface area contributed by atoms with Gasteiger partial charge in [-0.25, -0.2) is 4.68 Å². The fourth-order valence-electron chi connectivity index (χ4n) is 2.97. The van der Waals surface area contributed by atoms with Gasteiger partial charge in [0.05, 0.1) is 16.6 Å². The second-order valence-corrected chi connectivity index (χ2v) is 6.18. The summed E-state index contributed by atoms with van der Waals surface area (Å²) in [5.41, 5.74) is 3.75. The number of aryl methyl sites for hydroxylation is 1. The van der Waals surface area contributed by atoms with Crippen molar-refractivity contribution in [2.24, 2.45) is 0 Å². The van der Waals surface area contributed by atoms with Crippen molar-refractivity contribution >= 4 is 11.0 Å². The first kappa shape index (κ1) is 17.3. The average Bonchev–Trinajstić information content (AvgIpc) is 3.18. The highest BCUT2D eigenvalue weighted by Crippen LogP contribution is 2.32. The molecule has 0 unspecified atom stereocenters. The molecule has 0 fully saturated rings. The molecule has 134 valence electrons. The summed E-state index contributed by atoms with van der Waals surface area (Å²) in [6, 6.07) is 22.6. The molecule has 0 spiro atoms. The zero-order valence-electron chi connectivity index (χ0n) is 15.1. The van der Waals surface area contributed by atoms with Crippen LogP contribution in [0, 0.1) is 22.7 Å². The average molecular weight is 365 g/mol. The third kappa shape index (κ3) is 3.04. The first-order valence-electron chi connectivity index (χ1n) is 8.79. The van der Waals surface area contributed by atoms with Gasteiger partial charge in [0.25, 0.3) is 0 Å². The molecule has 6 nitrogen and oxygen atoms in total. The van der Waals surface area contributed by atoms with Crippen LogP contribution in [0.2, 0.25) is 0 Å². The van der Waals surface area contributed by atoms with Crippen LogP contribution in [-0.4, -0.2) is 15.0 Å². The maximum atomic E-state index is 9.44. The molecule has 0 amide bonds. The third-order valence-electron chi connectivity index (χ3n) is 4.48. The molecule has 4 rings (SSSR count). The molecule has 28 heavy (non-hydrogen) atoms. The van der Waals surface area contributed by atoms with Crippen LogP contribution in [0.25, 0.3) is 16.7 Å². The van der Waals surface area contributed by atoms with Gasteiger partial charge in [-0.05, 0) is 42.3 Å². The number of hydrogen-bond acceptors (Lipinski definition) is 5. The first-order valence-corrected chi connectivity index (χ1v) is 8.79. The third-order valence-corrected chi connectivity index (χ3v) is 4.48. The normalized spacial score (nSPS) is 10.4. The van der Waals surface area contributed by atoms with Crippen molar-refractivity contribution < 1.29 is 4.74 Å². The molecule has 4 aromatic rings. The molecule has 1 aromatic heterocycles. The highest BCUT2D eigenvalue weighted by atomic mass is 16.5. The summed E-state index contributed by atoms with van der Waals surface area (Å²) in [5.74, 6) is 1.06. The molecule has 0 aliphatic rings. The predicted molar refractivity (Wildman–Crippen MR) is 104 cm³/mol. The number of rotatable bonds is 4. The number of nitriles is 2. The van der Waals surface area contributed by atoms with Gasteiger partial charge in [-0.1, -0.05) is 36.4 Å². The molecule has 6 heteroatoms. The van der Waals surface area contributed by atoms with E-state index < -0.39 is 0 Å². The van der Waals surface area contributed by atoms with E-state index in [4.69, 9.17) is 4.74 Å². The maximum absolute atomic E-state index is 9.44. The van der Waals surface area contributed by atoms with Crippen molar-refractivity contribution in [3.8, 4) is 29.3 Å². The number of ether oxygens (including phenoxy) is 1. The zero-order valence-corrected chi connectivity index (χ0v) is 15.1. The van der Waals surface area contributed by atoms with Gasteiger partial charge in [0.15, 0.2) is 5.75 Å². The van der Waals surface area contributed by atoms with Gasteiger partial charge >= 0.3 is 0 Å². The Morgan fingerprint density at radius 2 is 1.68 bits per heavy atom. The minimum absolute atomic E-state index is 0.246. The number of benzene rings is 3. The highest BCUT2D eigenvalue weighted by molar-refractivity contribution is 5.77. The van der Waals surface area contributed by atoms with Crippen LogP contribution in [0.1, 0.15) is 23.6 Å². The minimum atomic E-state index is 0.246. The summed E-state index contributed by atoms with van der Waals surface area (Å²) in [6.45, 7) is 2.09. The summed E-state index contributed by atoms with van der Waals surface area (Å²) >= 11 is 0. The topological polar surface area (TPSA) is 87.5 Å². The van der Waals surface area contributed by atoms with E-state index in [0.717, 1.165) is 17.5 Å². The Labute approximate surface area is 161 Å². The summed E-state index contributed by atoms with van der Waals surface area (Å²) in [5, 5.41) is 27.2. The molecular formula is C22H15N5O. The molecule has 0 bridgehead atoms. The quantitative estimate of drug-likeness (QED) is 0.531. The second-order valence-electron chi connectivity index (χ2n) is 6.18. The summed E-state index contributed by atoms with van der Waals surface area (Å²) < 4.78 is 7.69. The van der Waals surface area contributed by atoms with Gasteiger partial charge in [-0.3, -0.25) is 0 Å². The van der Waals surface area contributed by atoms with Crippen LogP contribution in [-0.2, 0) is 6.42 Å². The second kappa shape index (κ2) is 7.22. The molecule has 0 saturated heterocycles. The van der Waals surface area contributed by atoms with Crippen LogP contribution in [0.15, 0.2) is 60.7 Å². The Balaban J connectivity index is 1.88. The number of aromatic nitrogens is 3. The molecule has 0 N–H and O–H groups in total. The van der Waals surface area contributed by atoms with E-state index in [0.29, 0.717) is 17.2 Å². The van der Waals surface area contributed by atoms with E-state index in [2.05, 4.69) is 29.4 Å². The molecule has 0 radical (unpaired) electrons. The Hall–Kier alpha value is -4.16. The molecule has 0 aliphatic carbocycles. The largest absolute Gasteiger partial charge is 0.455 e. The standard InChI is InChI=1S/C22H15N5O/c1-2-15-7-9-18(10-8-15)28-22-12-17(14-24)16(13-23)11-21(22)27-20-6-4-3-5-19(20)25-26-27/h3-12H,2H2,1H3. The van der Waals surface area contributed by atoms with Gasteiger partial charge in [0, 0.05) is 6.07 Å². The monoisotopic (exact) mass is 365 g/mol. The van der Waals surface area contributed by atoms with Gasteiger partial charge in [-0.15, -0.1) is 5.10 Å². The lowest BCUT2D eigenvalue weighted by atomic mass is 10.1. The fourth-order valence-corrected chi connectivity index (χ4v) is 2.97. The molecular weight excluding hydrogens is 350 g/mol. The van der Waals surface area contributed by atoms with Gasteiger partial charge in [0.1, 0.15) is 29.1 Å². The summed E-state index contributed by atoms with van der Waals surface area (Å²) in [6.07, 6.45) is 0.936. The molecule has 1 heterocycles. The van der Waals surface area contributed by atoms with E-state index in [9.17, 15) is 10.5 Å². The van der Waals surface area contributed by atoms with Crippen LogP contribution < -0.4 is 4.74 Å². The van der Waals surface area contributed by atoms with Crippen LogP contribution in [0.3, 0.4) is 0 Å². The molecule has 3 aromatic carbocycles. The Morgan fingerprint density at radius 1 is 0.964 bits per heavy atom. The Morgan fingerprint density at radius 3 is 2.39 bits per heavy atom. The Bertz CT molecular complexity index is 1240. The van der Waals surface area contributed by atoms with Crippen molar-refractivity contribution in [2.45, 2.75) is 13.3 Å². The van der Waals surface area contributed by atoms with E-state index >= 15 is 0 Å². The van der Waals surface area contributed by atoms with E-state index in [1.54, 1.807) is 16.8 Å². The van der Waals surface area contributed by atoms with Gasteiger partial charge < -0.3 is 4.74 Å². The lowest BCUT2D eigenvalue weighted by Crippen LogP contribution is -2.02. The lowest BCUT2D eigenvalue weighted by molar-refractivity contribution is 0.477. The van der Waals surface area contributed by atoms with Crippen molar-refractivity contribution in [1.29, 1.82) is 10.5 Å². The minimum Gasteiger partial charge on any atom is -0.455 e. The SMILES string of the molecule is CCc1ccc(Oc2cc(C#N)c(C#N)cc2-n2nnc3ccccc32)cc1. The zero-order chi connectivity index (χ0) is 19.5. The maximum Gasteiger partial charge on any atom is 0.154 e. The number of fused-ring (bicyclic) bond motifs is 1. The smallest absolute Gasteiger partial charge is 0.154 e. The molecule has 0 aliphatic heterocycles. The fraction of sp³-hybridized carbons (Fsp3) is 0.0909. The van der Waals surface area contributed by atoms with Gasteiger partial charge in [0.2, 0.25) is 0 Å². The first-order chi connectivity index (χ1) is 13.7. The number of hydrogen-bond donors (Lipinski definition) is 0. The van der Waals surface area contributed by atoms with Crippen LogP contribution in [0.5, 0.6) is 11.5 Å². The summed E-state index contributed by atoms with van der Waals surface area (Å²) in [7, 11) is 0. The van der Waals surface area contributed by atoms with E-state index in [-0.39, 0.29) is 11.1 Å². The van der Waals surface area contributed by atoms with Crippen molar-refractivity contribution in [2.75, 3.05) is 0 Å². The van der Waals surface area contributed by atoms with Crippen LogP contribution in [0.4, 0.5) is 0 Å². The molecule has 0 saturated carbocycles. The van der Waals surface area contributed by atoms with Crippen molar-refractivity contribution in [3.05, 3.63) is 77.4 Å². The Kier molecular flexibility index (Phi) is 4.45. The van der Waals surface area contributed by atoms with Crippen molar-refractivity contribution in [1.82, 2.24) is 15.0 Å². The predicted octanol–water partition coefficient (Wildman–Crippen LogP) is 4.52. The molecule has 0 atom stereocenters. The highest BCUT2D eigenvalue weighted by Gasteiger charge is 2.16. The van der Waals surface area contributed by atoms with E-state index in [1.807, 2.05) is 48.5 Å².